The molecule has 1 aliphatic rings. The fraction of sp³-hybridized carbons (Fsp3) is 0.0169. The molecule has 0 N–H and O–H groups in total. The Hall–Kier alpha value is -7.74. The van der Waals surface area contributed by atoms with Gasteiger partial charge in [0, 0.05) is 16.9 Å². The highest BCUT2D eigenvalue weighted by Gasteiger charge is 2.46. The fourth-order valence-electron chi connectivity index (χ4n) is 9.77. The van der Waals surface area contributed by atoms with E-state index < -0.39 is 5.41 Å². The highest BCUT2D eigenvalue weighted by atomic mass is 15.1. The minimum Gasteiger partial charge on any atom is -0.310 e. The van der Waals surface area contributed by atoms with Gasteiger partial charge in [-0.2, -0.15) is 0 Å². The third kappa shape index (κ3) is 5.78. The SMILES string of the molecule is c1ccc(-c2ccccc2-c2cccc(N(c3ccc4c(c3)C(c3ccccc3)(c3ccccc3)c3ccccc3-4)c3ccc4ccccc4c3-c3ccccc3)c2)cc1. The number of hydrogen-bond donors (Lipinski definition) is 0. The predicted molar refractivity (Wildman–Crippen MR) is 252 cm³/mol. The molecule has 1 heteroatoms. The molecule has 11 rings (SSSR count). The summed E-state index contributed by atoms with van der Waals surface area (Å²) in [4.78, 5) is 2.49. The summed E-state index contributed by atoms with van der Waals surface area (Å²) in [5, 5.41) is 2.43. The van der Waals surface area contributed by atoms with Crippen molar-refractivity contribution in [3.05, 3.63) is 271 Å². The summed E-state index contributed by atoms with van der Waals surface area (Å²) in [6.45, 7) is 0. The molecule has 1 aliphatic carbocycles. The van der Waals surface area contributed by atoms with Gasteiger partial charge in [-0.3, -0.25) is 0 Å². The van der Waals surface area contributed by atoms with Gasteiger partial charge in [0.05, 0.1) is 11.1 Å². The Labute approximate surface area is 352 Å². The van der Waals surface area contributed by atoms with E-state index in [9.17, 15) is 0 Å². The molecule has 0 fully saturated rings. The molecule has 10 aromatic rings. The van der Waals surface area contributed by atoms with Gasteiger partial charge >= 0.3 is 0 Å². The van der Waals surface area contributed by atoms with Gasteiger partial charge in [-0.05, 0) is 102 Å². The largest absolute Gasteiger partial charge is 0.310 e. The topological polar surface area (TPSA) is 3.24 Å². The molecule has 0 unspecified atom stereocenters. The highest BCUT2D eigenvalue weighted by Crippen LogP contribution is 2.57. The molecular formula is C59H41N. The van der Waals surface area contributed by atoms with Crippen LogP contribution < -0.4 is 4.90 Å². The van der Waals surface area contributed by atoms with Crippen molar-refractivity contribution in [1.29, 1.82) is 0 Å². The van der Waals surface area contributed by atoms with E-state index in [1.807, 2.05) is 0 Å². The van der Waals surface area contributed by atoms with Crippen molar-refractivity contribution < 1.29 is 0 Å². The van der Waals surface area contributed by atoms with Crippen molar-refractivity contribution in [3.8, 4) is 44.5 Å². The van der Waals surface area contributed by atoms with Crippen molar-refractivity contribution in [2.45, 2.75) is 5.41 Å². The Morgan fingerprint density at radius 3 is 1.52 bits per heavy atom. The van der Waals surface area contributed by atoms with E-state index in [0.29, 0.717) is 0 Å². The van der Waals surface area contributed by atoms with E-state index in [-0.39, 0.29) is 0 Å². The number of fused-ring (bicyclic) bond motifs is 4. The molecule has 0 aromatic heterocycles. The summed E-state index contributed by atoms with van der Waals surface area (Å²) < 4.78 is 0. The Morgan fingerprint density at radius 1 is 0.300 bits per heavy atom. The fourth-order valence-corrected chi connectivity index (χ4v) is 9.77. The van der Waals surface area contributed by atoms with Crippen LogP contribution in [0.4, 0.5) is 17.1 Å². The van der Waals surface area contributed by atoms with Gasteiger partial charge in [0.1, 0.15) is 0 Å². The van der Waals surface area contributed by atoms with Crippen LogP contribution in [0.15, 0.2) is 249 Å². The molecule has 0 aliphatic heterocycles. The van der Waals surface area contributed by atoms with E-state index in [2.05, 4.69) is 254 Å². The van der Waals surface area contributed by atoms with E-state index in [1.165, 1.54) is 72.0 Å². The highest BCUT2D eigenvalue weighted by molar-refractivity contribution is 6.06. The average molecular weight is 764 g/mol. The zero-order chi connectivity index (χ0) is 39.9. The van der Waals surface area contributed by atoms with Gasteiger partial charge in [-0.1, -0.05) is 218 Å². The van der Waals surface area contributed by atoms with Crippen LogP contribution in [0.1, 0.15) is 22.3 Å². The zero-order valence-corrected chi connectivity index (χ0v) is 33.1. The molecule has 0 heterocycles. The summed E-state index contributed by atoms with van der Waals surface area (Å²) >= 11 is 0. The van der Waals surface area contributed by atoms with Gasteiger partial charge in [0.25, 0.3) is 0 Å². The molecule has 1 nitrogen and oxygen atoms in total. The Kier molecular flexibility index (Phi) is 8.79. The zero-order valence-electron chi connectivity index (χ0n) is 33.1. The van der Waals surface area contributed by atoms with Crippen molar-refractivity contribution in [2.24, 2.45) is 0 Å². The summed E-state index contributed by atoms with van der Waals surface area (Å²) in [6.07, 6.45) is 0. The standard InChI is InChI=1S/C59H41N/c1-5-20-42(21-6-1)50-31-15-16-32-51(50)45-25-19-30-48(40-45)60(57-39-36-43-22-13-14-33-52(43)58(57)44-23-7-2-8-24-44)49-37-38-54-53-34-17-18-35-55(53)59(56(54)41-49,46-26-9-3-10-27-46)47-28-11-4-12-29-47/h1-41H. The first-order chi connectivity index (χ1) is 29.8. The summed E-state index contributed by atoms with van der Waals surface area (Å²) in [5.41, 5.74) is 17.5. The van der Waals surface area contributed by atoms with Crippen LogP contribution in [0, 0.1) is 0 Å². The predicted octanol–water partition coefficient (Wildman–Crippen LogP) is 15.7. The lowest BCUT2D eigenvalue weighted by atomic mass is 9.67. The number of nitrogens with zero attached hydrogens (tertiary/aromatic N) is 1. The number of benzene rings is 10. The first kappa shape index (κ1) is 35.4. The molecule has 0 saturated heterocycles. The molecule has 0 saturated carbocycles. The first-order valence-corrected chi connectivity index (χ1v) is 20.8. The maximum absolute atomic E-state index is 2.49. The second kappa shape index (κ2) is 14.9. The molecule has 282 valence electrons. The van der Waals surface area contributed by atoms with E-state index in [0.717, 1.165) is 22.6 Å². The normalized spacial score (nSPS) is 12.5. The molecule has 0 amide bonds. The lowest BCUT2D eigenvalue weighted by Gasteiger charge is -2.35. The van der Waals surface area contributed by atoms with Gasteiger partial charge < -0.3 is 4.90 Å². The minimum atomic E-state index is -0.530. The monoisotopic (exact) mass is 763 g/mol. The van der Waals surface area contributed by atoms with Gasteiger partial charge in [0.15, 0.2) is 0 Å². The van der Waals surface area contributed by atoms with E-state index in [1.54, 1.807) is 0 Å². The Balaban J connectivity index is 1.21. The van der Waals surface area contributed by atoms with E-state index >= 15 is 0 Å². The molecule has 60 heavy (non-hydrogen) atoms. The van der Waals surface area contributed by atoms with Crippen molar-refractivity contribution in [3.63, 3.8) is 0 Å². The quantitative estimate of drug-likeness (QED) is 0.149. The molecular weight excluding hydrogens is 723 g/mol. The van der Waals surface area contributed by atoms with Crippen LogP contribution >= 0.6 is 0 Å². The second-order valence-electron chi connectivity index (χ2n) is 15.6. The maximum atomic E-state index is 2.49. The first-order valence-electron chi connectivity index (χ1n) is 20.8. The third-order valence-electron chi connectivity index (χ3n) is 12.3. The summed E-state index contributed by atoms with van der Waals surface area (Å²) in [5.74, 6) is 0. The lowest BCUT2D eigenvalue weighted by Crippen LogP contribution is -2.28. The Morgan fingerprint density at radius 2 is 0.817 bits per heavy atom. The van der Waals surface area contributed by atoms with Crippen LogP contribution in [0.5, 0.6) is 0 Å². The lowest BCUT2D eigenvalue weighted by molar-refractivity contribution is 0.768. The van der Waals surface area contributed by atoms with E-state index in [4.69, 9.17) is 0 Å². The van der Waals surface area contributed by atoms with Crippen molar-refractivity contribution in [2.75, 3.05) is 4.90 Å². The van der Waals surface area contributed by atoms with Gasteiger partial charge in [-0.15, -0.1) is 0 Å². The Bertz CT molecular complexity index is 3090. The molecule has 0 atom stereocenters. The van der Waals surface area contributed by atoms with Crippen LogP contribution in [-0.2, 0) is 5.41 Å². The van der Waals surface area contributed by atoms with Crippen LogP contribution in [0.2, 0.25) is 0 Å². The average Bonchev–Trinajstić information content (AvgIpc) is 3.63. The summed E-state index contributed by atoms with van der Waals surface area (Å²) in [6, 6.07) is 91.1. The molecule has 0 spiro atoms. The van der Waals surface area contributed by atoms with Gasteiger partial charge in [0.2, 0.25) is 0 Å². The second-order valence-corrected chi connectivity index (χ2v) is 15.6. The molecule has 0 bridgehead atoms. The van der Waals surface area contributed by atoms with Gasteiger partial charge in [-0.25, -0.2) is 0 Å². The van der Waals surface area contributed by atoms with Crippen LogP contribution in [0.3, 0.4) is 0 Å². The van der Waals surface area contributed by atoms with Crippen LogP contribution in [-0.4, -0.2) is 0 Å². The third-order valence-corrected chi connectivity index (χ3v) is 12.3. The maximum Gasteiger partial charge on any atom is 0.0714 e. The number of anilines is 3. The minimum absolute atomic E-state index is 0.530. The number of rotatable bonds is 8. The van der Waals surface area contributed by atoms with Crippen molar-refractivity contribution >= 4 is 27.8 Å². The summed E-state index contributed by atoms with van der Waals surface area (Å²) in [7, 11) is 0. The number of hydrogen-bond acceptors (Lipinski definition) is 1. The molecule has 0 radical (unpaired) electrons. The smallest absolute Gasteiger partial charge is 0.0714 e. The van der Waals surface area contributed by atoms with Crippen LogP contribution in [0.25, 0.3) is 55.3 Å². The van der Waals surface area contributed by atoms with Crippen molar-refractivity contribution in [1.82, 2.24) is 0 Å². The molecule has 10 aromatic carbocycles.